The summed E-state index contributed by atoms with van der Waals surface area (Å²) in [6, 6.07) is 1.71. The second kappa shape index (κ2) is 3.03. The number of amides is 1. The van der Waals surface area contributed by atoms with Crippen molar-refractivity contribution in [3.8, 4) is 0 Å². The molecule has 2 heterocycles. The fourth-order valence-corrected chi connectivity index (χ4v) is 2.22. The first-order valence-electron chi connectivity index (χ1n) is 4.28. The summed E-state index contributed by atoms with van der Waals surface area (Å²) in [6.07, 6.45) is 1.90. The molecule has 14 heavy (non-hydrogen) atoms. The van der Waals surface area contributed by atoms with Crippen LogP contribution < -0.4 is 5.32 Å². The number of aliphatic hydroxyl groups is 1. The van der Waals surface area contributed by atoms with Crippen molar-refractivity contribution in [3.05, 3.63) is 22.3 Å². The lowest BCUT2D eigenvalue weighted by Gasteiger charge is -2.18. The maximum atomic E-state index is 11.5. The van der Waals surface area contributed by atoms with Gasteiger partial charge in [-0.2, -0.15) is 0 Å². The first-order valence-corrected chi connectivity index (χ1v) is 5.07. The molecule has 1 aromatic heterocycles. The average molecular weight is 257 g/mol. The molecule has 2 rings (SSSR count). The van der Waals surface area contributed by atoms with Gasteiger partial charge in [0.05, 0.1) is 5.56 Å². The molecule has 1 aromatic rings. The van der Waals surface area contributed by atoms with Crippen molar-refractivity contribution >= 4 is 27.7 Å². The quantitative estimate of drug-likeness (QED) is 0.799. The Labute approximate surface area is 89.5 Å². The van der Waals surface area contributed by atoms with Gasteiger partial charge in [0.1, 0.15) is 5.82 Å². The smallest absolute Gasteiger partial charge is 0.262 e. The molecular weight excluding hydrogens is 248 g/mol. The van der Waals surface area contributed by atoms with E-state index in [9.17, 15) is 9.90 Å². The van der Waals surface area contributed by atoms with Crippen molar-refractivity contribution in [2.45, 2.75) is 18.9 Å². The van der Waals surface area contributed by atoms with Gasteiger partial charge in [-0.25, -0.2) is 4.98 Å². The van der Waals surface area contributed by atoms with Gasteiger partial charge in [0.25, 0.3) is 5.91 Å². The predicted molar refractivity (Wildman–Crippen MR) is 54.8 cm³/mol. The molecule has 4 nitrogen and oxygen atoms in total. The van der Waals surface area contributed by atoms with E-state index in [1.54, 1.807) is 19.2 Å². The topological polar surface area (TPSA) is 62.2 Å². The van der Waals surface area contributed by atoms with Crippen LogP contribution in [0.1, 0.15) is 18.9 Å². The van der Waals surface area contributed by atoms with E-state index in [0.29, 0.717) is 22.3 Å². The average Bonchev–Trinajstić information content (AvgIpc) is 2.41. The van der Waals surface area contributed by atoms with Crippen LogP contribution in [0.15, 0.2) is 16.7 Å². The Balaban J connectivity index is 2.67. The number of halogens is 1. The molecule has 5 heteroatoms. The van der Waals surface area contributed by atoms with Crippen LogP contribution in [0, 0.1) is 0 Å². The van der Waals surface area contributed by atoms with Gasteiger partial charge in [0.2, 0.25) is 0 Å². The summed E-state index contributed by atoms with van der Waals surface area (Å²) >= 11 is 3.30. The SMILES string of the molecule is CCC1(O)C(=O)Nc2nccc(Br)c21. The Morgan fingerprint density at radius 1 is 1.71 bits per heavy atom. The molecule has 0 spiro atoms. The molecule has 0 saturated carbocycles. The van der Waals surface area contributed by atoms with Crippen molar-refractivity contribution in [1.82, 2.24) is 4.98 Å². The van der Waals surface area contributed by atoms with E-state index >= 15 is 0 Å². The summed E-state index contributed by atoms with van der Waals surface area (Å²) in [5.74, 6) is 0.0307. The van der Waals surface area contributed by atoms with Crippen LogP contribution in [-0.4, -0.2) is 16.0 Å². The third-order valence-electron chi connectivity index (χ3n) is 2.43. The number of hydrogen-bond acceptors (Lipinski definition) is 3. The van der Waals surface area contributed by atoms with E-state index in [2.05, 4.69) is 26.2 Å². The number of hydrogen-bond donors (Lipinski definition) is 2. The Morgan fingerprint density at radius 2 is 2.43 bits per heavy atom. The second-order valence-electron chi connectivity index (χ2n) is 3.18. The van der Waals surface area contributed by atoms with Crippen LogP contribution >= 0.6 is 15.9 Å². The Hall–Kier alpha value is -0.940. The number of nitrogens with zero attached hydrogens (tertiary/aromatic N) is 1. The Kier molecular flexibility index (Phi) is 2.08. The zero-order valence-electron chi connectivity index (χ0n) is 7.54. The highest BCUT2D eigenvalue weighted by Gasteiger charge is 2.45. The van der Waals surface area contributed by atoms with Crippen LogP contribution in [0.25, 0.3) is 0 Å². The highest BCUT2D eigenvalue weighted by molar-refractivity contribution is 9.10. The van der Waals surface area contributed by atoms with Gasteiger partial charge < -0.3 is 10.4 Å². The third kappa shape index (κ3) is 1.09. The molecule has 0 aromatic carbocycles. The number of anilines is 1. The molecule has 1 atom stereocenters. The van der Waals surface area contributed by atoms with Crippen LogP contribution in [-0.2, 0) is 10.4 Å². The standard InChI is InChI=1S/C9H9BrN2O2/c1-2-9(14)6-5(10)3-4-11-7(6)12-8(9)13/h3-4,14H,2H2,1H3,(H,11,12,13). The lowest BCUT2D eigenvalue weighted by molar-refractivity contribution is -0.133. The van der Waals surface area contributed by atoms with E-state index < -0.39 is 11.5 Å². The van der Waals surface area contributed by atoms with E-state index in [4.69, 9.17) is 0 Å². The van der Waals surface area contributed by atoms with Gasteiger partial charge in [-0.15, -0.1) is 0 Å². The molecule has 1 aliphatic rings. The van der Waals surface area contributed by atoms with Gasteiger partial charge in [-0.1, -0.05) is 22.9 Å². The van der Waals surface area contributed by atoms with Gasteiger partial charge in [0, 0.05) is 10.7 Å². The zero-order valence-corrected chi connectivity index (χ0v) is 9.13. The van der Waals surface area contributed by atoms with Crippen LogP contribution in [0.5, 0.6) is 0 Å². The maximum absolute atomic E-state index is 11.5. The molecule has 1 amide bonds. The molecule has 1 aliphatic heterocycles. The summed E-state index contributed by atoms with van der Waals surface area (Å²) in [6.45, 7) is 1.76. The highest BCUT2D eigenvalue weighted by atomic mass is 79.9. The number of pyridine rings is 1. The molecule has 0 fully saturated rings. The number of carbonyl (C=O) groups excluding carboxylic acids is 1. The van der Waals surface area contributed by atoms with E-state index in [1.807, 2.05) is 0 Å². The molecular formula is C9H9BrN2O2. The summed E-state index contributed by atoms with van der Waals surface area (Å²) in [4.78, 5) is 15.5. The van der Waals surface area contributed by atoms with E-state index in [1.165, 1.54) is 0 Å². The van der Waals surface area contributed by atoms with Gasteiger partial charge in [-0.3, -0.25) is 4.79 Å². The zero-order chi connectivity index (χ0) is 10.3. The minimum atomic E-state index is -1.44. The van der Waals surface area contributed by atoms with Crippen LogP contribution in [0.2, 0.25) is 0 Å². The Morgan fingerprint density at radius 3 is 3.07 bits per heavy atom. The molecule has 74 valence electrons. The summed E-state index contributed by atoms with van der Waals surface area (Å²) in [5, 5.41) is 12.7. The molecule has 0 aliphatic carbocycles. The fraction of sp³-hybridized carbons (Fsp3) is 0.333. The van der Waals surface area contributed by atoms with Gasteiger partial charge in [-0.05, 0) is 12.5 Å². The number of rotatable bonds is 1. The number of fused-ring (bicyclic) bond motifs is 1. The summed E-state index contributed by atoms with van der Waals surface area (Å²) in [5.41, 5.74) is -0.907. The minimum Gasteiger partial charge on any atom is -0.375 e. The van der Waals surface area contributed by atoms with Gasteiger partial charge >= 0.3 is 0 Å². The normalized spacial score (nSPS) is 24.6. The molecule has 1 unspecified atom stereocenters. The first-order chi connectivity index (χ1) is 6.59. The molecule has 0 bridgehead atoms. The van der Waals surface area contributed by atoms with Crippen molar-refractivity contribution in [2.75, 3.05) is 5.32 Å². The first kappa shape index (κ1) is 9.61. The van der Waals surface area contributed by atoms with E-state index in [-0.39, 0.29) is 0 Å². The van der Waals surface area contributed by atoms with Crippen molar-refractivity contribution < 1.29 is 9.90 Å². The largest absolute Gasteiger partial charge is 0.375 e. The van der Waals surface area contributed by atoms with Crippen LogP contribution in [0.4, 0.5) is 5.82 Å². The number of carbonyl (C=O) groups is 1. The number of aromatic nitrogens is 1. The van der Waals surface area contributed by atoms with Crippen molar-refractivity contribution in [2.24, 2.45) is 0 Å². The summed E-state index contributed by atoms with van der Waals surface area (Å²) < 4.78 is 0.699. The van der Waals surface area contributed by atoms with E-state index in [0.717, 1.165) is 0 Å². The predicted octanol–water partition coefficient (Wildman–Crippen LogP) is 1.39. The minimum absolute atomic E-state index is 0.329. The van der Waals surface area contributed by atoms with Crippen molar-refractivity contribution in [3.63, 3.8) is 0 Å². The van der Waals surface area contributed by atoms with Gasteiger partial charge in [0.15, 0.2) is 5.60 Å². The lowest BCUT2D eigenvalue weighted by atomic mass is 9.94. The third-order valence-corrected chi connectivity index (χ3v) is 3.09. The monoisotopic (exact) mass is 256 g/mol. The van der Waals surface area contributed by atoms with Crippen LogP contribution in [0.3, 0.4) is 0 Å². The highest BCUT2D eigenvalue weighted by Crippen LogP contribution is 2.40. The summed E-state index contributed by atoms with van der Waals surface area (Å²) in [7, 11) is 0. The molecule has 2 N–H and O–H groups in total. The molecule has 0 radical (unpaired) electrons. The van der Waals surface area contributed by atoms with Crippen molar-refractivity contribution in [1.29, 1.82) is 0 Å². The Bertz CT molecular complexity index is 408. The maximum Gasteiger partial charge on any atom is 0.262 e. The molecule has 0 saturated heterocycles. The second-order valence-corrected chi connectivity index (χ2v) is 4.04. The fourth-order valence-electron chi connectivity index (χ4n) is 1.59. The lowest BCUT2D eigenvalue weighted by Crippen LogP contribution is -2.33. The number of nitrogens with one attached hydrogen (secondary N) is 1.